The smallest absolute Gasteiger partial charge is 0.227 e. The molecule has 0 bridgehead atoms. The first-order chi connectivity index (χ1) is 10.6. The normalized spacial score (nSPS) is 18.3. The lowest BCUT2D eigenvalue weighted by Crippen LogP contribution is -2.38. The maximum absolute atomic E-state index is 12.6. The van der Waals surface area contributed by atoms with Crippen molar-refractivity contribution in [2.24, 2.45) is 5.92 Å². The van der Waals surface area contributed by atoms with E-state index in [1.807, 2.05) is 37.1 Å². The summed E-state index contributed by atoms with van der Waals surface area (Å²) in [5.74, 6) is 1.63. The van der Waals surface area contributed by atoms with Gasteiger partial charge < -0.3 is 19.7 Å². The summed E-state index contributed by atoms with van der Waals surface area (Å²) in [7, 11) is 5.14. The van der Waals surface area contributed by atoms with Crippen molar-refractivity contribution in [3.63, 3.8) is 0 Å². The Morgan fingerprint density at radius 2 is 2.04 bits per heavy atom. The fourth-order valence-electron chi connectivity index (χ4n) is 3.11. The van der Waals surface area contributed by atoms with Gasteiger partial charge in [-0.2, -0.15) is 0 Å². The molecule has 1 aliphatic rings. The average Bonchev–Trinajstić information content (AvgIpc) is 3.03. The van der Waals surface area contributed by atoms with Crippen molar-refractivity contribution in [1.82, 2.24) is 10.2 Å². The van der Waals surface area contributed by atoms with E-state index < -0.39 is 0 Å². The summed E-state index contributed by atoms with van der Waals surface area (Å²) >= 11 is 0. The molecule has 1 aliphatic heterocycles. The van der Waals surface area contributed by atoms with Crippen LogP contribution in [0.1, 0.15) is 31.4 Å². The lowest BCUT2D eigenvalue weighted by Gasteiger charge is -2.28. The monoisotopic (exact) mass is 342 g/mol. The first kappa shape index (κ1) is 19.6. The van der Waals surface area contributed by atoms with Gasteiger partial charge in [0.2, 0.25) is 5.91 Å². The van der Waals surface area contributed by atoms with Crippen molar-refractivity contribution in [1.29, 1.82) is 0 Å². The van der Waals surface area contributed by atoms with Crippen LogP contribution >= 0.6 is 12.4 Å². The van der Waals surface area contributed by atoms with E-state index in [1.165, 1.54) is 0 Å². The Morgan fingerprint density at radius 3 is 2.65 bits per heavy atom. The fraction of sp³-hybridized carbons (Fsp3) is 0.588. The third-order valence-corrected chi connectivity index (χ3v) is 4.26. The van der Waals surface area contributed by atoms with Crippen LogP contribution in [0.2, 0.25) is 0 Å². The largest absolute Gasteiger partial charge is 0.493 e. The number of nitrogens with zero attached hydrogens (tertiary/aromatic N) is 1. The fourth-order valence-corrected chi connectivity index (χ4v) is 3.11. The van der Waals surface area contributed by atoms with Gasteiger partial charge in [-0.1, -0.05) is 13.0 Å². The van der Waals surface area contributed by atoms with Gasteiger partial charge in [0.1, 0.15) is 0 Å². The molecular formula is C17H27ClN2O3. The Kier molecular flexibility index (Phi) is 7.65. The first-order valence-electron chi connectivity index (χ1n) is 7.79. The minimum absolute atomic E-state index is 0. The Balaban J connectivity index is 0.00000264. The number of rotatable bonds is 6. The van der Waals surface area contributed by atoms with E-state index in [-0.39, 0.29) is 30.3 Å². The second-order valence-corrected chi connectivity index (χ2v) is 5.76. The third kappa shape index (κ3) is 4.30. The van der Waals surface area contributed by atoms with Gasteiger partial charge in [0, 0.05) is 19.0 Å². The van der Waals surface area contributed by atoms with Crippen LogP contribution in [0, 0.1) is 5.92 Å². The predicted molar refractivity (Wildman–Crippen MR) is 93.6 cm³/mol. The lowest BCUT2D eigenvalue weighted by atomic mass is 10.0. The number of carbonyl (C=O) groups is 1. The standard InChI is InChI=1S/C17H26N2O3.ClH/c1-12(11-18-2)17(20)19-9-5-6-14(19)13-7-8-15(21-3)16(10-13)22-4;/h7-8,10,12,14,18H,5-6,9,11H2,1-4H3;1H. The molecule has 5 nitrogen and oxygen atoms in total. The number of likely N-dealkylation sites (tertiary alicyclic amines) is 1. The van der Waals surface area contributed by atoms with Gasteiger partial charge in [0.15, 0.2) is 11.5 Å². The van der Waals surface area contributed by atoms with Gasteiger partial charge in [-0.25, -0.2) is 0 Å². The number of halogens is 1. The summed E-state index contributed by atoms with van der Waals surface area (Å²) < 4.78 is 10.7. The Bertz CT molecular complexity index is 525. The Morgan fingerprint density at radius 1 is 1.35 bits per heavy atom. The van der Waals surface area contributed by atoms with E-state index in [9.17, 15) is 4.79 Å². The molecule has 0 aliphatic carbocycles. The predicted octanol–water partition coefficient (Wildman–Crippen LogP) is 2.64. The van der Waals surface area contributed by atoms with Crippen LogP contribution < -0.4 is 14.8 Å². The molecule has 6 heteroatoms. The molecule has 0 spiro atoms. The van der Waals surface area contributed by atoms with Gasteiger partial charge in [0.25, 0.3) is 0 Å². The number of nitrogens with one attached hydrogen (secondary N) is 1. The van der Waals surface area contributed by atoms with Crippen molar-refractivity contribution in [2.75, 3.05) is 34.4 Å². The van der Waals surface area contributed by atoms with Gasteiger partial charge in [0.05, 0.1) is 20.3 Å². The van der Waals surface area contributed by atoms with Crippen LogP contribution in [0.5, 0.6) is 11.5 Å². The number of methoxy groups -OCH3 is 2. The van der Waals surface area contributed by atoms with Crippen molar-refractivity contribution in [2.45, 2.75) is 25.8 Å². The Hall–Kier alpha value is -1.46. The van der Waals surface area contributed by atoms with Crippen molar-refractivity contribution in [3.05, 3.63) is 23.8 Å². The number of ether oxygens (including phenoxy) is 2. The molecule has 23 heavy (non-hydrogen) atoms. The molecule has 0 saturated carbocycles. The second kappa shape index (κ2) is 8.99. The number of amides is 1. The molecule has 0 radical (unpaired) electrons. The maximum atomic E-state index is 12.6. The van der Waals surface area contributed by atoms with E-state index in [2.05, 4.69) is 5.32 Å². The molecule has 0 aromatic heterocycles. The maximum Gasteiger partial charge on any atom is 0.227 e. The number of hydrogen-bond donors (Lipinski definition) is 1. The molecule has 1 heterocycles. The van der Waals surface area contributed by atoms with E-state index in [1.54, 1.807) is 14.2 Å². The summed E-state index contributed by atoms with van der Waals surface area (Å²) in [5.41, 5.74) is 1.11. The SMILES string of the molecule is CNCC(C)C(=O)N1CCCC1c1ccc(OC)c(OC)c1.Cl. The summed E-state index contributed by atoms with van der Waals surface area (Å²) in [6.45, 7) is 3.50. The van der Waals surface area contributed by atoms with Crippen molar-refractivity contribution >= 4 is 18.3 Å². The van der Waals surface area contributed by atoms with Crippen LogP contribution in [0.25, 0.3) is 0 Å². The highest BCUT2D eigenvalue weighted by Gasteiger charge is 2.32. The summed E-state index contributed by atoms with van der Waals surface area (Å²) in [6, 6.07) is 6.05. The number of hydrogen-bond acceptors (Lipinski definition) is 4. The second-order valence-electron chi connectivity index (χ2n) is 5.76. The quantitative estimate of drug-likeness (QED) is 0.863. The summed E-state index contributed by atoms with van der Waals surface area (Å²) in [5, 5.41) is 3.08. The number of carbonyl (C=O) groups excluding carboxylic acids is 1. The molecule has 1 fully saturated rings. The number of benzene rings is 1. The first-order valence-corrected chi connectivity index (χ1v) is 7.79. The topological polar surface area (TPSA) is 50.8 Å². The van der Waals surface area contributed by atoms with Gasteiger partial charge >= 0.3 is 0 Å². The zero-order valence-electron chi connectivity index (χ0n) is 14.3. The average molecular weight is 343 g/mol. The lowest BCUT2D eigenvalue weighted by molar-refractivity contribution is -0.135. The minimum atomic E-state index is -0.00857. The highest BCUT2D eigenvalue weighted by atomic mass is 35.5. The molecule has 2 unspecified atom stereocenters. The molecule has 1 saturated heterocycles. The zero-order chi connectivity index (χ0) is 16.1. The molecule has 1 aromatic rings. The zero-order valence-corrected chi connectivity index (χ0v) is 15.1. The summed E-state index contributed by atoms with van der Waals surface area (Å²) in [4.78, 5) is 14.6. The van der Waals surface area contributed by atoms with Crippen LogP contribution in [-0.4, -0.2) is 45.2 Å². The molecule has 1 amide bonds. The molecule has 1 N–H and O–H groups in total. The van der Waals surface area contributed by atoms with Crippen LogP contribution in [-0.2, 0) is 4.79 Å². The van der Waals surface area contributed by atoms with Crippen LogP contribution in [0.3, 0.4) is 0 Å². The molecule has 1 aromatic carbocycles. The van der Waals surface area contributed by atoms with Gasteiger partial charge in [-0.3, -0.25) is 4.79 Å². The van der Waals surface area contributed by atoms with Gasteiger partial charge in [-0.15, -0.1) is 12.4 Å². The molecular weight excluding hydrogens is 316 g/mol. The van der Waals surface area contributed by atoms with E-state index in [0.717, 1.165) is 24.9 Å². The molecule has 2 atom stereocenters. The van der Waals surface area contributed by atoms with Crippen molar-refractivity contribution in [3.8, 4) is 11.5 Å². The highest BCUT2D eigenvalue weighted by molar-refractivity contribution is 5.85. The van der Waals surface area contributed by atoms with Crippen LogP contribution in [0.4, 0.5) is 0 Å². The molecule has 130 valence electrons. The van der Waals surface area contributed by atoms with Gasteiger partial charge in [-0.05, 0) is 37.6 Å². The van der Waals surface area contributed by atoms with E-state index >= 15 is 0 Å². The summed E-state index contributed by atoms with van der Waals surface area (Å²) in [6.07, 6.45) is 2.03. The van der Waals surface area contributed by atoms with Crippen LogP contribution in [0.15, 0.2) is 18.2 Å². The Labute approximate surface area is 144 Å². The highest BCUT2D eigenvalue weighted by Crippen LogP contribution is 2.37. The van der Waals surface area contributed by atoms with Crippen molar-refractivity contribution < 1.29 is 14.3 Å². The van der Waals surface area contributed by atoms with E-state index in [4.69, 9.17) is 9.47 Å². The molecule has 2 rings (SSSR count). The van der Waals surface area contributed by atoms with E-state index in [0.29, 0.717) is 18.0 Å². The minimum Gasteiger partial charge on any atom is -0.493 e. The third-order valence-electron chi connectivity index (χ3n) is 4.26.